The number of esters is 1. The number of benzene rings is 1. The molecular formula is C14H19ClN2O4S. The Morgan fingerprint density at radius 3 is 2.86 bits per heavy atom. The second kappa shape index (κ2) is 7.41. The van der Waals surface area contributed by atoms with Crippen LogP contribution in [0.15, 0.2) is 23.1 Å². The van der Waals surface area contributed by atoms with Crippen LogP contribution in [0, 0.1) is 5.92 Å². The molecular weight excluding hydrogens is 328 g/mol. The van der Waals surface area contributed by atoms with Crippen molar-refractivity contribution in [3.05, 3.63) is 28.8 Å². The van der Waals surface area contributed by atoms with Crippen molar-refractivity contribution < 1.29 is 17.9 Å². The molecule has 0 radical (unpaired) electrons. The molecule has 0 amide bonds. The van der Waals surface area contributed by atoms with Crippen LogP contribution in [0.3, 0.4) is 0 Å². The van der Waals surface area contributed by atoms with Crippen LogP contribution < -0.4 is 10.0 Å². The Morgan fingerprint density at radius 1 is 1.50 bits per heavy atom. The maximum atomic E-state index is 12.3. The van der Waals surface area contributed by atoms with E-state index in [4.69, 9.17) is 11.6 Å². The van der Waals surface area contributed by atoms with Gasteiger partial charge in [-0.1, -0.05) is 11.6 Å². The summed E-state index contributed by atoms with van der Waals surface area (Å²) in [7, 11) is -2.44. The molecule has 1 aliphatic rings. The largest absolute Gasteiger partial charge is 0.465 e. The molecule has 1 saturated heterocycles. The van der Waals surface area contributed by atoms with Gasteiger partial charge in [-0.05, 0) is 50.0 Å². The molecule has 8 heteroatoms. The molecule has 2 N–H and O–H groups in total. The summed E-state index contributed by atoms with van der Waals surface area (Å²) in [4.78, 5) is 11.4. The lowest BCUT2D eigenvalue weighted by atomic mass is 10.1. The predicted octanol–water partition coefficient (Wildman–Crippen LogP) is 1.40. The molecule has 0 aromatic heterocycles. The molecule has 22 heavy (non-hydrogen) atoms. The van der Waals surface area contributed by atoms with Crippen molar-refractivity contribution in [2.75, 3.05) is 26.7 Å². The monoisotopic (exact) mass is 346 g/mol. The normalized spacial score (nSPS) is 18.4. The predicted molar refractivity (Wildman–Crippen MR) is 83.6 cm³/mol. The van der Waals surface area contributed by atoms with Crippen molar-refractivity contribution in [3.8, 4) is 0 Å². The average Bonchev–Trinajstić information content (AvgIpc) is 2.99. The molecule has 1 heterocycles. The van der Waals surface area contributed by atoms with Crippen LogP contribution in [0.1, 0.15) is 23.2 Å². The Morgan fingerprint density at radius 2 is 2.27 bits per heavy atom. The van der Waals surface area contributed by atoms with E-state index in [-0.39, 0.29) is 15.5 Å². The van der Waals surface area contributed by atoms with Gasteiger partial charge in [-0.3, -0.25) is 0 Å². The van der Waals surface area contributed by atoms with Crippen LogP contribution in [-0.2, 0) is 14.8 Å². The molecule has 0 aliphatic carbocycles. The van der Waals surface area contributed by atoms with Gasteiger partial charge in [0.25, 0.3) is 0 Å². The van der Waals surface area contributed by atoms with Crippen molar-refractivity contribution in [1.82, 2.24) is 10.0 Å². The van der Waals surface area contributed by atoms with E-state index in [1.165, 1.54) is 25.3 Å². The van der Waals surface area contributed by atoms with E-state index in [1.807, 2.05) is 0 Å². The topological polar surface area (TPSA) is 84.5 Å². The summed E-state index contributed by atoms with van der Waals surface area (Å²) in [6.45, 7) is 2.28. The molecule has 1 aromatic rings. The second-order valence-corrected chi connectivity index (χ2v) is 7.32. The number of halogens is 1. The van der Waals surface area contributed by atoms with E-state index < -0.39 is 16.0 Å². The highest BCUT2D eigenvalue weighted by Crippen LogP contribution is 2.23. The Hall–Kier alpha value is -1.15. The molecule has 0 saturated carbocycles. The van der Waals surface area contributed by atoms with Gasteiger partial charge >= 0.3 is 5.97 Å². The first-order valence-electron chi connectivity index (χ1n) is 7.02. The van der Waals surface area contributed by atoms with Crippen LogP contribution in [0.4, 0.5) is 0 Å². The molecule has 1 unspecified atom stereocenters. The summed E-state index contributed by atoms with van der Waals surface area (Å²) in [5.41, 5.74) is 0.212. The number of ether oxygens (including phenoxy) is 1. The second-order valence-electron chi connectivity index (χ2n) is 5.18. The minimum atomic E-state index is -3.69. The highest BCUT2D eigenvalue weighted by molar-refractivity contribution is 7.89. The third-order valence-corrected chi connectivity index (χ3v) is 5.59. The molecule has 0 bridgehead atoms. The zero-order valence-electron chi connectivity index (χ0n) is 12.3. The summed E-state index contributed by atoms with van der Waals surface area (Å²) in [5, 5.41) is 3.24. The van der Waals surface area contributed by atoms with Gasteiger partial charge < -0.3 is 10.1 Å². The van der Waals surface area contributed by atoms with Crippen molar-refractivity contribution in [3.63, 3.8) is 0 Å². The van der Waals surface area contributed by atoms with Gasteiger partial charge in [0.05, 0.1) is 17.7 Å². The molecule has 0 spiro atoms. The van der Waals surface area contributed by atoms with Gasteiger partial charge in [0, 0.05) is 6.54 Å². The zero-order chi connectivity index (χ0) is 16.2. The van der Waals surface area contributed by atoms with E-state index >= 15 is 0 Å². The third kappa shape index (κ3) is 4.19. The van der Waals surface area contributed by atoms with Crippen molar-refractivity contribution in [2.45, 2.75) is 17.7 Å². The fourth-order valence-electron chi connectivity index (χ4n) is 2.40. The number of sulfonamides is 1. The van der Waals surface area contributed by atoms with Gasteiger partial charge in [-0.25, -0.2) is 17.9 Å². The zero-order valence-corrected chi connectivity index (χ0v) is 13.8. The first kappa shape index (κ1) is 17.2. The van der Waals surface area contributed by atoms with E-state index in [0.717, 1.165) is 25.9 Å². The maximum Gasteiger partial charge on any atom is 0.337 e. The summed E-state index contributed by atoms with van der Waals surface area (Å²) in [6.07, 6.45) is 1.85. The smallest absolute Gasteiger partial charge is 0.337 e. The summed E-state index contributed by atoms with van der Waals surface area (Å²) < 4.78 is 31.6. The Bertz CT molecular complexity index is 642. The first-order chi connectivity index (χ1) is 10.4. The van der Waals surface area contributed by atoms with E-state index in [1.54, 1.807) is 0 Å². The molecule has 1 atom stereocenters. The van der Waals surface area contributed by atoms with Gasteiger partial charge in [-0.2, -0.15) is 0 Å². The van der Waals surface area contributed by atoms with Crippen molar-refractivity contribution in [2.24, 2.45) is 5.92 Å². The number of carbonyl (C=O) groups excluding carboxylic acids is 1. The van der Waals surface area contributed by atoms with Crippen LogP contribution in [0.2, 0.25) is 5.02 Å². The van der Waals surface area contributed by atoms with Crippen molar-refractivity contribution in [1.29, 1.82) is 0 Å². The summed E-state index contributed by atoms with van der Waals surface area (Å²) in [6, 6.07) is 3.99. The summed E-state index contributed by atoms with van der Waals surface area (Å²) in [5.74, 6) is -0.0626. The fraction of sp³-hybridized carbons (Fsp3) is 0.500. The van der Waals surface area contributed by atoms with Crippen molar-refractivity contribution >= 4 is 27.6 Å². The number of hydrogen-bond acceptors (Lipinski definition) is 5. The molecule has 2 rings (SSSR count). The number of methoxy groups -OCH3 is 1. The summed E-state index contributed by atoms with van der Waals surface area (Å²) >= 11 is 5.98. The van der Waals surface area contributed by atoms with Crippen LogP contribution in [0.25, 0.3) is 0 Å². The lowest BCUT2D eigenvalue weighted by Gasteiger charge is -2.11. The Balaban J connectivity index is 2.03. The average molecular weight is 347 g/mol. The maximum absolute atomic E-state index is 12.3. The highest BCUT2D eigenvalue weighted by atomic mass is 35.5. The third-order valence-electron chi connectivity index (χ3n) is 3.65. The fourth-order valence-corrected chi connectivity index (χ4v) is 3.99. The molecule has 1 aromatic carbocycles. The minimum absolute atomic E-state index is 0.00191. The Labute approximate surface area is 135 Å². The van der Waals surface area contributed by atoms with Gasteiger partial charge in [0.1, 0.15) is 4.90 Å². The Kier molecular flexibility index (Phi) is 5.80. The molecule has 1 fully saturated rings. The number of hydrogen-bond donors (Lipinski definition) is 2. The number of nitrogens with one attached hydrogen (secondary N) is 2. The van der Waals surface area contributed by atoms with Crippen LogP contribution in [-0.4, -0.2) is 41.1 Å². The van der Waals surface area contributed by atoms with Gasteiger partial charge in [0.15, 0.2) is 0 Å². The van der Waals surface area contributed by atoms with E-state index in [9.17, 15) is 13.2 Å². The van der Waals surface area contributed by atoms with Gasteiger partial charge in [-0.15, -0.1) is 0 Å². The van der Waals surface area contributed by atoms with Crippen LogP contribution in [0.5, 0.6) is 0 Å². The lowest BCUT2D eigenvalue weighted by molar-refractivity contribution is 0.0600. The standard InChI is InChI=1S/C14H19ClN2O4S/c1-21-14(18)11-2-3-13(12(15)8-11)22(19,20)17-7-5-10-4-6-16-9-10/h2-3,8,10,16-17H,4-7,9H2,1H3. The SMILES string of the molecule is COC(=O)c1ccc(S(=O)(=O)NCCC2CCNC2)c(Cl)c1. The highest BCUT2D eigenvalue weighted by Gasteiger charge is 2.21. The van der Waals surface area contributed by atoms with Crippen LogP contribution >= 0.6 is 11.6 Å². The van der Waals surface area contributed by atoms with E-state index in [2.05, 4.69) is 14.8 Å². The number of carbonyl (C=O) groups is 1. The molecule has 122 valence electrons. The minimum Gasteiger partial charge on any atom is -0.465 e. The van der Waals surface area contributed by atoms with E-state index in [0.29, 0.717) is 12.5 Å². The molecule has 1 aliphatic heterocycles. The van der Waals surface area contributed by atoms with Gasteiger partial charge in [0.2, 0.25) is 10.0 Å². The molecule has 6 nitrogen and oxygen atoms in total. The lowest BCUT2D eigenvalue weighted by Crippen LogP contribution is -2.27. The quantitative estimate of drug-likeness (QED) is 0.761. The number of rotatable bonds is 6. The first-order valence-corrected chi connectivity index (χ1v) is 8.88.